The second kappa shape index (κ2) is 42.8. The van der Waals surface area contributed by atoms with Crippen LogP contribution in [0.25, 0.3) is 0 Å². The van der Waals surface area contributed by atoms with Crippen molar-refractivity contribution in [3.63, 3.8) is 0 Å². The first-order chi connectivity index (χ1) is 6.93. The fourth-order valence-corrected chi connectivity index (χ4v) is 0. The molecule has 0 heterocycles. The van der Waals surface area contributed by atoms with Gasteiger partial charge in [-0.15, -0.1) is 0 Å². The monoisotopic (exact) mass is 484 g/mol. The Hall–Kier alpha value is 1.69. The largest absolute Gasteiger partial charge is 2.00 e. The summed E-state index contributed by atoms with van der Waals surface area (Å²) in [5, 5.41) is 66.4. The van der Waals surface area contributed by atoms with Crippen LogP contribution in [-0.2, 0) is 67.1 Å². The number of hydrogen-bond acceptors (Lipinski definition) is 8. The van der Waals surface area contributed by atoms with Gasteiger partial charge in [-0.1, -0.05) is 0 Å². The zero-order valence-electron chi connectivity index (χ0n) is 8.42. The maximum Gasteiger partial charge on any atom is 2.00 e. The standard InChI is InChI=1S/4BFO2.4Co/c4*2-1(3)4;;;;/q4*-2;4*+2. The fourth-order valence-electron chi connectivity index (χ4n) is 0. The van der Waals surface area contributed by atoms with Crippen molar-refractivity contribution in [3.05, 3.63) is 0 Å². The Balaban J connectivity index is -0.0000000150. The fraction of sp³-hybridized carbons (Fsp3) is 0. The van der Waals surface area contributed by atoms with Crippen molar-refractivity contribution in [1.82, 2.24) is 0 Å². The molecule has 0 saturated carbocycles. The molecule has 0 fully saturated rings. The van der Waals surface area contributed by atoms with Crippen LogP contribution in [0.15, 0.2) is 0 Å². The minimum absolute atomic E-state index is 0. The molecule has 0 N–H and O–H groups in total. The van der Waals surface area contributed by atoms with E-state index in [-0.39, 0.29) is 67.1 Å². The Morgan fingerprint density at radius 3 is 0.350 bits per heavy atom. The van der Waals surface area contributed by atoms with Gasteiger partial charge >= 0.3 is 67.1 Å². The maximum atomic E-state index is 9.89. The first-order valence-electron chi connectivity index (χ1n) is 2.76. The van der Waals surface area contributed by atoms with Gasteiger partial charge in [-0.2, -0.15) is 0 Å². The molecule has 20 heavy (non-hydrogen) atoms. The van der Waals surface area contributed by atoms with Gasteiger partial charge in [0.1, 0.15) is 29.6 Å². The van der Waals surface area contributed by atoms with Gasteiger partial charge in [-0.05, 0) is 0 Å². The third-order valence-electron chi connectivity index (χ3n) is 0. The first-order valence-corrected chi connectivity index (χ1v) is 2.76. The van der Waals surface area contributed by atoms with Crippen LogP contribution in [0.2, 0.25) is 0 Å². The average Bonchev–Trinajstić information content (AvgIpc) is 1.76. The number of halogens is 4. The van der Waals surface area contributed by atoms with Gasteiger partial charge in [0.05, 0.1) is 0 Å². The zero-order chi connectivity index (χ0) is 14.3. The van der Waals surface area contributed by atoms with Crippen molar-refractivity contribution >= 4 is 29.6 Å². The molecule has 0 atom stereocenters. The number of rotatable bonds is 0. The summed E-state index contributed by atoms with van der Waals surface area (Å²) in [5.41, 5.74) is 0. The Labute approximate surface area is 153 Å². The molecule has 4 radical (unpaired) electrons. The molecule has 0 rings (SSSR count). The van der Waals surface area contributed by atoms with E-state index in [1.54, 1.807) is 0 Å². The van der Waals surface area contributed by atoms with Crippen LogP contribution in [-0.4, -0.2) is 29.6 Å². The summed E-state index contributed by atoms with van der Waals surface area (Å²) >= 11 is 0. The van der Waals surface area contributed by atoms with Crippen LogP contribution < -0.4 is 40.2 Å². The van der Waals surface area contributed by atoms with Gasteiger partial charge in [-0.25, -0.2) is 0 Å². The molecule has 0 aliphatic heterocycles. The molecule has 0 amide bonds. The van der Waals surface area contributed by atoms with E-state index in [0.29, 0.717) is 0 Å². The van der Waals surface area contributed by atoms with E-state index >= 15 is 0 Å². The van der Waals surface area contributed by atoms with Crippen LogP contribution in [0.3, 0.4) is 0 Å². The van der Waals surface area contributed by atoms with Gasteiger partial charge in [0.2, 0.25) is 0 Å². The minimum Gasteiger partial charge on any atom is -0.867 e. The molecular weight excluding hydrogens is 483 g/mol. The molecule has 0 saturated heterocycles. The Morgan fingerprint density at radius 1 is 0.350 bits per heavy atom. The summed E-state index contributed by atoms with van der Waals surface area (Å²) in [6.07, 6.45) is 0. The van der Waals surface area contributed by atoms with E-state index in [9.17, 15) is 17.3 Å². The molecule has 20 heteroatoms. The van der Waals surface area contributed by atoms with Crippen LogP contribution in [0.5, 0.6) is 0 Å². The van der Waals surface area contributed by atoms with Gasteiger partial charge in [-0.3, -0.25) is 0 Å². The van der Waals surface area contributed by atoms with Crippen molar-refractivity contribution in [2.75, 3.05) is 0 Å². The van der Waals surface area contributed by atoms with Crippen LogP contribution >= 0.6 is 0 Å². The molecular formula is B4Co4F4O8. The summed E-state index contributed by atoms with van der Waals surface area (Å²) in [7, 11) is -12.7. The topological polar surface area (TPSA) is 184 Å². The van der Waals surface area contributed by atoms with Gasteiger partial charge in [0.15, 0.2) is 0 Å². The van der Waals surface area contributed by atoms with Crippen molar-refractivity contribution in [3.8, 4) is 0 Å². The molecule has 0 aromatic heterocycles. The second-order valence-electron chi connectivity index (χ2n) is 1.10. The SMILES string of the molecule is [Co+2].[Co+2].[Co+2].[Co+2].[O-]B([O-])F.[O-]B([O-])F.[O-]B([O-])F.[O-]B([O-])F. The van der Waals surface area contributed by atoms with Crippen LogP contribution in [0.1, 0.15) is 0 Å². The van der Waals surface area contributed by atoms with Gasteiger partial charge in [0.25, 0.3) is 0 Å². The summed E-state index contributed by atoms with van der Waals surface area (Å²) in [4.78, 5) is 0. The molecule has 0 unspecified atom stereocenters. The van der Waals surface area contributed by atoms with E-state index in [1.807, 2.05) is 0 Å². The van der Waals surface area contributed by atoms with Crippen LogP contribution in [0.4, 0.5) is 17.3 Å². The van der Waals surface area contributed by atoms with E-state index < -0.39 is 29.6 Å². The van der Waals surface area contributed by atoms with E-state index in [0.717, 1.165) is 0 Å². The van der Waals surface area contributed by atoms with Gasteiger partial charge in [0, 0.05) is 0 Å². The predicted octanol–water partition coefficient (Wildman–Crippen LogP) is -9.36. The molecule has 0 aliphatic rings. The molecule has 0 spiro atoms. The van der Waals surface area contributed by atoms with Crippen molar-refractivity contribution in [1.29, 1.82) is 0 Å². The second-order valence-corrected chi connectivity index (χ2v) is 1.10. The first kappa shape index (κ1) is 49.5. The summed E-state index contributed by atoms with van der Waals surface area (Å²) in [5.74, 6) is 0. The van der Waals surface area contributed by atoms with Gasteiger partial charge < -0.3 is 57.5 Å². The average molecular weight is 483 g/mol. The Morgan fingerprint density at radius 2 is 0.350 bits per heavy atom. The third-order valence-corrected chi connectivity index (χ3v) is 0. The summed E-state index contributed by atoms with van der Waals surface area (Å²) in [6, 6.07) is 0. The summed E-state index contributed by atoms with van der Waals surface area (Å²) in [6.45, 7) is 0. The summed E-state index contributed by atoms with van der Waals surface area (Å²) < 4.78 is 39.6. The molecule has 0 aliphatic carbocycles. The maximum absolute atomic E-state index is 9.89. The van der Waals surface area contributed by atoms with E-state index in [2.05, 4.69) is 0 Å². The normalized spacial score (nSPS) is 5.40. The minimum atomic E-state index is -3.17. The molecule has 124 valence electrons. The Bertz CT molecular complexity index is 81.5. The third kappa shape index (κ3) is 2420. The number of hydrogen-bond donors (Lipinski definition) is 0. The predicted molar refractivity (Wildman–Crippen MR) is 27.4 cm³/mol. The molecule has 0 aromatic carbocycles. The Kier molecular flexibility index (Phi) is 106. The molecule has 0 aromatic rings. The molecule has 8 nitrogen and oxygen atoms in total. The quantitative estimate of drug-likeness (QED) is 0.240. The molecule has 0 bridgehead atoms. The van der Waals surface area contributed by atoms with E-state index in [1.165, 1.54) is 0 Å². The van der Waals surface area contributed by atoms with Crippen molar-refractivity contribution < 1.29 is 125 Å². The van der Waals surface area contributed by atoms with Crippen molar-refractivity contribution in [2.24, 2.45) is 0 Å². The van der Waals surface area contributed by atoms with Crippen molar-refractivity contribution in [2.45, 2.75) is 0 Å². The van der Waals surface area contributed by atoms with Crippen LogP contribution in [0, 0.1) is 0 Å². The zero-order valence-corrected chi connectivity index (χ0v) is 12.6. The smallest absolute Gasteiger partial charge is 0.867 e. The van der Waals surface area contributed by atoms with E-state index in [4.69, 9.17) is 40.2 Å².